The SMILES string of the molecule is CC.N#CCNC1CCC1.O=C1NC(=O)c2ccccc21. The van der Waals surface area contributed by atoms with Gasteiger partial charge in [-0.05, 0) is 25.0 Å². The number of nitrogens with zero attached hydrogens (tertiary/aromatic N) is 1. The van der Waals surface area contributed by atoms with E-state index in [1.807, 2.05) is 13.8 Å². The first-order valence-corrected chi connectivity index (χ1v) is 7.27. The van der Waals surface area contributed by atoms with Gasteiger partial charge < -0.3 is 5.32 Å². The van der Waals surface area contributed by atoms with Crippen molar-refractivity contribution in [3.05, 3.63) is 35.4 Å². The Balaban J connectivity index is 0.000000196. The van der Waals surface area contributed by atoms with Crippen LogP contribution in [0.15, 0.2) is 24.3 Å². The molecule has 1 saturated carbocycles. The second kappa shape index (κ2) is 8.88. The summed E-state index contributed by atoms with van der Waals surface area (Å²) < 4.78 is 0. The molecule has 1 fully saturated rings. The van der Waals surface area contributed by atoms with E-state index >= 15 is 0 Å². The van der Waals surface area contributed by atoms with Crippen LogP contribution in [0.5, 0.6) is 0 Å². The number of nitrogens with one attached hydrogen (secondary N) is 2. The highest BCUT2D eigenvalue weighted by Gasteiger charge is 2.25. The highest BCUT2D eigenvalue weighted by atomic mass is 16.2. The Morgan fingerprint density at radius 1 is 1.19 bits per heavy atom. The van der Waals surface area contributed by atoms with Gasteiger partial charge in [-0.15, -0.1) is 0 Å². The minimum Gasteiger partial charge on any atom is -0.302 e. The molecule has 1 aromatic rings. The summed E-state index contributed by atoms with van der Waals surface area (Å²) in [6, 6.07) is 9.45. The van der Waals surface area contributed by atoms with Crippen molar-refractivity contribution in [1.82, 2.24) is 10.6 Å². The molecule has 112 valence electrons. The van der Waals surface area contributed by atoms with Crippen LogP contribution in [0.25, 0.3) is 0 Å². The van der Waals surface area contributed by atoms with Gasteiger partial charge in [0.15, 0.2) is 0 Å². The number of hydrogen-bond acceptors (Lipinski definition) is 4. The number of benzene rings is 1. The van der Waals surface area contributed by atoms with Gasteiger partial charge in [-0.25, -0.2) is 0 Å². The Bertz CT molecular complexity index is 498. The average Bonchev–Trinajstić information content (AvgIpc) is 2.76. The van der Waals surface area contributed by atoms with E-state index < -0.39 is 0 Å². The molecule has 0 aromatic heterocycles. The second-order valence-corrected chi connectivity index (χ2v) is 4.50. The predicted octanol–water partition coefficient (Wildman–Crippen LogP) is 2.25. The lowest BCUT2D eigenvalue weighted by molar-refractivity contribution is 0.0879. The maximum atomic E-state index is 10.9. The van der Waals surface area contributed by atoms with E-state index in [4.69, 9.17) is 5.26 Å². The van der Waals surface area contributed by atoms with Crippen LogP contribution < -0.4 is 10.6 Å². The van der Waals surface area contributed by atoms with Crippen molar-refractivity contribution < 1.29 is 9.59 Å². The number of nitriles is 1. The van der Waals surface area contributed by atoms with E-state index in [1.165, 1.54) is 19.3 Å². The Hall–Kier alpha value is -2.19. The summed E-state index contributed by atoms with van der Waals surface area (Å²) in [5, 5.41) is 13.4. The molecule has 5 heteroatoms. The zero-order chi connectivity index (χ0) is 15.7. The number of fused-ring (bicyclic) bond motifs is 1. The molecule has 0 atom stereocenters. The molecule has 1 aliphatic carbocycles. The number of carbonyl (C=O) groups excluding carboxylic acids is 2. The molecule has 2 N–H and O–H groups in total. The number of carbonyl (C=O) groups is 2. The van der Waals surface area contributed by atoms with Crippen molar-refractivity contribution in [1.29, 1.82) is 5.26 Å². The highest BCUT2D eigenvalue weighted by Crippen LogP contribution is 2.17. The van der Waals surface area contributed by atoms with E-state index in [0.717, 1.165) is 0 Å². The Morgan fingerprint density at radius 2 is 1.71 bits per heavy atom. The molecule has 1 aromatic carbocycles. The number of imide groups is 1. The fourth-order valence-electron chi connectivity index (χ4n) is 1.92. The standard InChI is InChI=1S/C8H5NO2.C6H10N2.C2H6/c10-7-5-3-1-2-4-6(5)8(11)9-7;7-4-5-8-6-2-1-3-6;1-2/h1-4H,(H,9,10,11);6,8H,1-3,5H2;1-2H3. The van der Waals surface area contributed by atoms with E-state index in [1.54, 1.807) is 24.3 Å². The molecule has 5 nitrogen and oxygen atoms in total. The van der Waals surface area contributed by atoms with E-state index in [9.17, 15) is 9.59 Å². The largest absolute Gasteiger partial charge is 0.302 e. The summed E-state index contributed by atoms with van der Waals surface area (Å²) in [6.45, 7) is 4.52. The molecule has 21 heavy (non-hydrogen) atoms. The van der Waals surface area contributed by atoms with Gasteiger partial charge in [0.25, 0.3) is 11.8 Å². The maximum Gasteiger partial charge on any atom is 0.258 e. The molecular formula is C16H21N3O2. The average molecular weight is 287 g/mol. The summed E-state index contributed by atoms with van der Waals surface area (Å²) in [5.41, 5.74) is 0.940. The third-order valence-electron chi connectivity index (χ3n) is 3.22. The summed E-state index contributed by atoms with van der Waals surface area (Å²) in [6.07, 6.45) is 3.87. The molecule has 3 rings (SSSR count). The molecular weight excluding hydrogens is 266 g/mol. The lowest BCUT2D eigenvalue weighted by atomic mass is 9.93. The zero-order valence-corrected chi connectivity index (χ0v) is 12.5. The van der Waals surface area contributed by atoms with Crippen LogP contribution in [-0.2, 0) is 0 Å². The highest BCUT2D eigenvalue weighted by molar-refractivity contribution is 6.21. The summed E-state index contributed by atoms with van der Waals surface area (Å²) >= 11 is 0. The van der Waals surface area contributed by atoms with Gasteiger partial charge >= 0.3 is 0 Å². The minimum absolute atomic E-state index is 0.300. The zero-order valence-electron chi connectivity index (χ0n) is 12.5. The van der Waals surface area contributed by atoms with Gasteiger partial charge in [-0.1, -0.05) is 32.4 Å². The van der Waals surface area contributed by atoms with Crippen molar-refractivity contribution in [2.75, 3.05) is 6.54 Å². The van der Waals surface area contributed by atoms with Gasteiger partial charge in [0.05, 0.1) is 23.7 Å². The third-order valence-corrected chi connectivity index (χ3v) is 3.22. The number of rotatable bonds is 2. The lowest BCUT2D eigenvalue weighted by Crippen LogP contribution is -2.35. The van der Waals surface area contributed by atoms with Gasteiger partial charge in [0, 0.05) is 6.04 Å². The van der Waals surface area contributed by atoms with Crippen molar-refractivity contribution in [2.24, 2.45) is 0 Å². The molecule has 2 amide bonds. The lowest BCUT2D eigenvalue weighted by Gasteiger charge is -2.24. The van der Waals surface area contributed by atoms with Gasteiger partial charge in [-0.2, -0.15) is 5.26 Å². The van der Waals surface area contributed by atoms with Crippen molar-refractivity contribution >= 4 is 11.8 Å². The number of amides is 2. The van der Waals surface area contributed by atoms with Crippen LogP contribution in [0, 0.1) is 11.3 Å². The van der Waals surface area contributed by atoms with E-state index in [0.29, 0.717) is 23.7 Å². The quantitative estimate of drug-likeness (QED) is 0.645. The molecule has 1 heterocycles. The summed E-state index contributed by atoms with van der Waals surface area (Å²) in [5.74, 6) is -0.601. The van der Waals surface area contributed by atoms with E-state index in [2.05, 4.69) is 16.7 Å². The summed E-state index contributed by atoms with van der Waals surface area (Å²) in [7, 11) is 0. The molecule has 0 unspecified atom stereocenters. The first-order chi connectivity index (χ1) is 10.2. The Kier molecular flexibility index (Phi) is 7.13. The Morgan fingerprint density at radius 3 is 2.10 bits per heavy atom. The predicted molar refractivity (Wildman–Crippen MR) is 80.8 cm³/mol. The van der Waals surface area contributed by atoms with Crippen molar-refractivity contribution in [2.45, 2.75) is 39.2 Å². The van der Waals surface area contributed by atoms with Crippen LogP contribution in [0.1, 0.15) is 53.8 Å². The van der Waals surface area contributed by atoms with Crippen molar-refractivity contribution in [3.63, 3.8) is 0 Å². The first-order valence-electron chi connectivity index (χ1n) is 7.27. The molecule has 0 spiro atoms. The third kappa shape index (κ3) is 4.69. The molecule has 0 saturated heterocycles. The fraction of sp³-hybridized carbons (Fsp3) is 0.438. The smallest absolute Gasteiger partial charge is 0.258 e. The van der Waals surface area contributed by atoms with Gasteiger partial charge in [0.1, 0.15) is 0 Å². The number of hydrogen-bond donors (Lipinski definition) is 2. The molecule has 0 bridgehead atoms. The van der Waals surface area contributed by atoms with Crippen molar-refractivity contribution in [3.8, 4) is 6.07 Å². The van der Waals surface area contributed by atoms with Crippen LogP contribution >= 0.6 is 0 Å². The first kappa shape index (κ1) is 16.9. The minimum atomic E-state index is -0.300. The van der Waals surface area contributed by atoms with Crippen LogP contribution in [0.2, 0.25) is 0 Å². The van der Waals surface area contributed by atoms with E-state index in [-0.39, 0.29) is 11.8 Å². The summed E-state index contributed by atoms with van der Waals surface area (Å²) in [4.78, 5) is 21.9. The Labute approximate surface area is 125 Å². The molecule has 0 radical (unpaired) electrons. The maximum absolute atomic E-state index is 10.9. The van der Waals surface area contributed by atoms with Crippen LogP contribution in [0.3, 0.4) is 0 Å². The monoisotopic (exact) mass is 287 g/mol. The van der Waals surface area contributed by atoms with Crippen LogP contribution in [-0.4, -0.2) is 24.4 Å². The topological polar surface area (TPSA) is 82.0 Å². The van der Waals surface area contributed by atoms with Gasteiger partial charge in [-0.3, -0.25) is 14.9 Å². The van der Waals surface area contributed by atoms with Crippen LogP contribution in [0.4, 0.5) is 0 Å². The van der Waals surface area contributed by atoms with Gasteiger partial charge in [0.2, 0.25) is 0 Å². The second-order valence-electron chi connectivity index (χ2n) is 4.50. The normalized spacial score (nSPS) is 15.3. The molecule has 1 aliphatic heterocycles. The fourth-order valence-corrected chi connectivity index (χ4v) is 1.92. The molecule has 2 aliphatic rings.